The van der Waals surface area contributed by atoms with E-state index in [2.05, 4.69) is 5.32 Å². The number of nitrogens with one attached hydrogen (secondary N) is 1. The normalized spacial score (nSPS) is 16.3. The van der Waals surface area contributed by atoms with Crippen molar-refractivity contribution >= 4 is 17.3 Å². The number of hydrogen-bond donors (Lipinski definition) is 1. The van der Waals surface area contributed by atoms with Crippen molar-refractivity contribution < 1.29 is 4.79 Å². The molecule has 0 atom stereocenters. The number of benzene rings is 1. The van der Waals surface area contributed by atoms with Crippen molar-refractivity contribution in [1.82, 2.24) is 0 Å². The lowest BCUT2D eigenvalue weighted by Gasteiger charge is -2.21. The molecular formula is C15H22N2O. The van der Waals surface area contributed by atoms with Gasteiger partial charge in [-0.2, -0.15) is 0 Å². The maximum Gasteiger partial charge on any atom is 0.227 e. The lowest BCUT2D eigenvalue weighted by atomic mass is 9.88. The van der Waals surface area contributed by atoms with Crippen LogP contribution in [0.1, 0.15) is 32.1 Å². The molecule has 18 heavy (non-hydrogen) atoms. The minimum absolute atomic E-state index is 0.187. The van der Waals surface area contributed by atoms with Crippen molar-refractivity contribution in [2.24, 2.45) is 5.92 Å². The van der Waals surface area contributed by atoms with Crippen molar-refractivity contribution in [3.63, 3.8) is 0 Å². The van der Waals surface area contributed by atoms with E-state index in [0.717, 1.165) is 24.2 Å². The van der Waals surface area contributed by atoms with Gasteiger partial charge in [-0.05, 0) is 37.1 Å². The van der Waals surface area contributed by atoms with E-state index in [4.69, 9.17) is 0 Å². The monoisotopic (exact) mass is 246 g/mol. The van der Waals surface area contributed by atoms with Crippen LogP contribution < -0.4 is 10.2 Å². The van der Waals surface area contributed by atoms with Crippen LogP contribution in [0.15, 0.2) is 24.3 Å². The fourth-order valence-corrected chi connectivity index (χ4v) is 2.45. The molecule has 1 saturated carbocycles. The average Bonchev–Trinajstić information content (AvgIpc) is 2.40. The Bertz CT molecular complexity index is 391. The highest BCUT2D eigenvalue weighted by Crippen LogP contribution is 2.25. The third kappa shape index (κ3) is 3.25. The number of amides is 1. The molecule has 1 aromatic rings. The fourth-order valence-electron chi connectivity index (χ4n) is 2.45. The molecule has 1 aromatic carbocycles. The summed E-state index contributed by atoms with van der Waals surface area (Å²) in [5.41, 5.74) is 2.04. The third-order valence-electron chi connectivity index (χ3n) is 3.63. The highest BCUT2D eigenvalue weighted by atomic mass is 16.1. The fraction of sp³-hybridized carbons (Fsp3) is 0.533. The number of carbonyl (C=O) groups is 1. The van der Waals surface area contributed by atoms with Gasteiger partial charge in [0.05, 0.1) is 0 Å². The van der Waals surface area contributed by atoms with Crippen LogP contribution in [0, 0.1) is 5.92 Å². The summed E-state index contributed by atoms with van der Waals surface area (Å²) in [6, 6.07) is 7.99. The Balaban J connectivity index is 1.94. The first-order valence-corrected chi connectivity index (χ1v) is 6.75. The summed E-state index contributed by atoms with van der Waals surface area (Å²) in [5.74, 6) is 0.402. The number of rotatable bonds is 3. The van der Waals surface area contributed by atoms with E-state index < -0.39 is 0 Å². The van der Waals surface area contributed by atoms with Gasteiger partial charge in [0, 0.05) is 31.4 Å². The topological polar surface area (TPSA) is 32.3 Å². The average molecular weight is 246 g/mol. The Hall–Kier alpha value is -1.51. The predicted molar refractivity (Wildman–Crippen MR) is 76.0 cm³/mol. The molecule has 1 amide bonds. The molecule has 1 aliphatic carbocycles. The molecule has 0 aliphatic heterocycles. The highest BCUT2D eigenvalue weighted by molar-refractivity contribution is 5.92. The summed E-state index contributed by atoms with van der Waals surface area (Å²) in [6.45, 7) is 0. The second-order valence-corrected chi connectivity index (χ2v) is 5.27. The highest BCUT2D eigenvalue weighted by Gasteiger charge is 2.20. The molecule has 0 bridgehead atoms. The molecule has 0 saturated heterocycles. The summed E-state index contributed by atoms with van der Waals surface area (Å²) in [7, 11) is 4.02. The Labute approximate surface area is 109 Å². The van der Waals surface area contributed by atoms with Gasteiger partial charge < -0.3 is 10.2 Å². The van der Waals surface area contributed by atoms with Gasteiger partial charge in [0.25, 0.3) is 0 Å². The van der Waals surface area contributed by atoms with Gasteiger partial charge in [-0.1, -0.05) is 19.3 Å². The minimum atomic E-state index is 0.187. The molecule has 1 aliphatic rings. The maximum atomic E-state index is 12.1. The van der Waals surface area contributed by atoms with Crippen LogP contribution in [0.5, 0.6) is 0 Å². The van der Waals surface area contributed by atoms with Crippen LogP contribution >= 0.6 is 0 Å². The summed E-state index contributed by atoms with van der Waals surface area (Å²) >= 11 is 0. The number of carbonyl (C=O) groups excluding carboxylic acids is 1. The first kappa shape index (κ1) is 12.9. The van der Waals surface area contributed by atoms with E-state index >= 15 is 0 Å². The predicted octanol–water partition coefficient (Wildman–Crippen LogP) is 3.27. The van der Waals surface area contributed by atoms with Crippen molar-refractivity contribution in [3.05, 3.63) is 24.3 Å². The Kier molecular flexibility index (Phi) is 4.24. The van der Waals surface area contributed by atoms with Crippen LogP contribution in [0.25, 0.3) is 0 Å². The van der Waals surface area contributed by atoms with Gasteiger partial charge in [0.15, 0.2) is 0 Å². The largest absolute Gasteiger partial charge is 0.378 e. The van der Waals surface area contributed by atoms with Crippen LogP contribution in [0.4, 0.5) is 11.4 Å². The molecule has 0 heterocycles. The maximum absolute atomic E-state index is 12.1. The molecule has 0 spiro atoms. The zero-order valence-corrected chi connectivity index (χ0v) is 11.3. The molecule has 3 heteroatoms. The van der Waals surface area contributed by atoms with Crippen LogP contribution in [0.2, 0.25) is 0 Å². The molecule has 1 fully saturated rings. The smallest absolute Gasteiger partial charge is 0.227 e. The molecule has 0 unspecified atom stereocenters. The first-order valence-electron chi connectivity index (χ1n) is 6.75. The molecule has 2 rings (SSSR count). The van der Waals surface area contributed by atoms with Gasteiger partial charge in [-0.15, -0.1) is 0 Å². The second-order valence-electron chi connectivity index (χ2n) is 5.27. The van der Waals surface area contributed by atoms with Crippen molar-refractivity contribution in [1.29, 1.82) is 0 Å². The van der Waals surface area contributed by atoms with E-state index in [1.165, 1.54) is 19.3 Å². The molecule has 1 N–H and O–H groups in total. The van der Waals surface area contributed by atoms with E-state index in [1.54, 1.807) is 0 Å². The van der Waals surface area contributed by atoms with Gasteiger partial charge in [0.2, 0.25) is 5.91 Å². The zero-order valence-electron chi connectivity index (χ0n) is 11.3. The Morgan fingerprint density at radius 1 is 1.11 bits per heavy atom. The van der Waals surface area contributed by atoms with Gasteiger partial charge in [0.1, 0.15) is 0 Å². The van der Waals surface area contributed by atoms with Crippen molar-refractivity contribution in [3.8, 4) is 0 Å². The van der Waals surface area contributed by atoms with E-state index in [9.17, 15) is 4.79 Å². The lowest BCUT2D eigenvalue weighted by Crippen LogP contribution is -2.24. The third-order valence-corrected chi connectivity index (χ3v) is 3.63. The van der Waals surface area contributed by atoms with E-state index in [1.807, 2.05) is 43.3 Å². The zero-order chi connectivity index (χ0) is 13.0. The number of hydrogen-bond acceptors (Lipinski definition) is 2. The van der Waals surface area contributed by atoms with Crippen molar-refractivity contribution in [2.45, 2.75) is 32.1 Å². The summed E-state index contributed by atoms with van der Waals surface area (Å²) < 4.78 is 0. The first-order chi connectivity index (χ1) is 8.66. The van der Waals surface area contributed by atoms with E-state index in [-0.39, 0.29) is 11.8 Å². The van der Waals surface area contributed by atoms with E-state index in [0.29, 0.717) is 0 Å². The molecule has 3 nitrogen and oxygen atoms in total. The molecular weight excluding hydrogens is 224 g/mol. The Morgan fingerprint density at radius 2 is 1.72 bits per heavy atom. The number of nitrogens with zero attached hydrogens (tertiary/aromatic N) is 1. The minimum Gasteiger partial charge on any atom is -0.378 e. The SMILES string of the molecule is CN(C)c1ccc(NC(=O)C2CCCCC2)cc1. The van der Waals surface area contributed by atoms with Crippen molar-refractivity contribution in [2.75, 3.05) is 24.3 Å². The standard InChI is InChI=1S/C15H22N2O/c1-17(2)14-10-8-13(9-11-14)16-15(18)12-6-4-3-5-7-12/h8-12H,3-7H2,1-2H3,(H,16,18). The van der Waals surface area contributed by atoms with Crippen LogP contribution in [0.3, 0.4) is 0 Å². The van der Waals surface area contributed by atoms with Gasteiger partial charge in [-0.3, -0.25) is 4.79 Å². The second kappa shape index (κ2) is 5.89. The Morgan fingerprint density at radius 3 is 2.28 bits per heavy atom. The van der Waals surface area contributed by atoms with Crippen LogP contribution in [-0.2, 0) is 4.79 Å². The van der Waals surface area contributed by atoms with Gasteiger partial charge >= 0.3 is 0 Å². The number of anilines is 2. The molecule has 0 radical (unpaired) electrons. The summed E-state index contributed by atoms with van der Waals surface area (Å²) in [4.78, 5) is 14.1. The summed E-state index contributed by atoms with van der Waals surface area (Å²) in [5, 5.41) is 3.02. The van der Waals surface area contributed by atoms with Crippen LogP contribution in [-0.4, -0.2) is 20.0 Å². The lowest BCUT2D eigenvalue weighted by molar-refractivity contribution is -0.120. The summed E-state index contributed by atoms with van der Waals surface area (Å²) in [6.07, 6.45) is 5.75. The quantitative estimate of drug-likeness (QED) is 0.887. The molecule has 98 valence electrons. The van der Waals surface area contributed by atoms with Gasteiger partial charge in [-0.25, -0.2) is 0 Å². The molecule has 0 aromatic heterocycles.